The van der Waals surface area contributed by atoms with Crippen molar-refractivity contribution < 1.29 is 4.74 Å². The van der Waals surface area contributed by atoms with Gasteiger partial charge in [-0.3, -0.25) is 0 Å². The van der Waals surface area contributed by atoms with Crippen molar-refractivity contribution in [1.82, 2.24) is 10.3 Å². The summed E-state index contributed by atoms with van der Waals surface area (Å²) in [5.74, 6) is 1.73. The molecule has 4 nitrogen and oxygen atoms in total. The van der Waals surface area contributed by atoms with Crippen molar-refractivity contribution >= 4 is 5.82 Å². The fraction of sp³-hybridized carbons (Fsp3) is 0.643. The molecule has 100 valence electrons. The molecule has 0 spiro atoms. The Morgan fingerprint density at radius 3 is 3.17 bits per heavy atom. The SMILES string of the molecule is CCCNCC1CCCN1c1cccc(OC)n1. The molecule has 1 atom stereocenters. The number of anilines is 1. The molecule has 1 fully saturated rings. The number of hydrogen-bond acceptors (Lipinski definition) is 4. The fourth-order valence-corrected chi connectivity index (χ4v) is 2.47. The molecular formula is C14H23N3O. The third-order valence-corrected chi connectivity index (χ3v) is 3.40. The van der Waals surface area contributed by atoms with Crippen LogP contribution in [-0.2, 0) is 0 Å². The minimum absolute atomic E-state index is 0.566. The lowest BCUT2D eigenvalue weighted by atomic mass is 10.2. The van der Waals surface area contributed by atoms with Gasteiger partial charge in [0.05, 0.1) is 7.11 Å². The molecule has 0 saturated carbocycles. The maximum absolute atomic E-state index is 5.19. The standard InChI is InChI=1S/C14H23N3O/c1-3-9-15-11-12-6-5-10-17(12)13-7-4-8-14(16-13)18-2/h4,7-8,12,15H,3,5-6,9-11H2,1-2H3. The van der Waals surface area contributed by atoms with Crippen LogP contribution in [0.3, 0.4) is 0 Å². The monoisotopic (exact) mass is 249 g/mol. The van der Waals surface area contributed by atoms with E-state index in [0.29, 0.717) is 11.9 Å². The lowest BCUT2D eigenvalue weighted by molar-refractivity contribution is 0.397. The van der Waals surface area contributed by atoms with Gasteiger partial charge in [-0.15, -0.1) is 0 Å². The van der Waals surface area contributed by atoms with Crippen LogP contribution in [0, 0.1) is 0 Å². The molecule has 4 heteroatoms. The Labute approximate surface area is 109 Å². The third-order valence-electron chi connectivity index (χ3n) is 3.40. The highest BCUT2D eigenvalue weighted by atomic mass is 16.5. The van der Waals surface area contributed by atoms with Crippen LogP contribution >= 0.6 is 0 Å². The van der Waals surface area contributed by atoms with E-state index in [1.165, 1.54) is 19.3 Å². The van der Waals surface area contributed by atoms with Crippen LogP contribution in [0.25, 0.3) is 0 Å². The van der Waals surface area contributed by atoms with E-state index in [1.807, 2.05) is 12.1 Å². The Kier molecular flexibility index (Phi) is 4.81. The fourth-order valence-electron chi connectivity index (χ4n) is 2.47. The van der Waals surface area contributed by atoms with Crippen LogP contribution in [0.4, 0.5) is 5.82 Å². The summed E-state index contributed by atoms with van der Waals surface area (Å²) in [5.41, 5.74) is 0. The molecule has 2 heterocycles. The van der Waals surface area contributed by atoms with E-state index >= 15 is 0 Å². The first kappa shape index (κ1) is 13.1. The van der Waals surface area contributed by atoms with E-state index in [-0.39, 0.29) is 0 Å². The molecule has 1 aromatic rings. The van der Waals surface area contributed by atoms with Gasteiger partial charge < -0.3 is 15.0 Å². The van der Waals surface area contributed by atoms with Crippen LogP contribution in [0.2, 0.25) is 0 Å². The van der Waals surface area contributed by atoms with Crippen LogP contribution in [-0.4, -0.2) is 37.8 Å². The van der Waals surface area contributed by atoms with Gasteiger partial charge in [0.25, 0.3) is 0 Å². The van der Waals surface area contributed by atoms with Crippen molar-refractivity contribution in [3.05, 3.63) is 18.2 Å². The van der Waals surface area contributed by atoms with Gasteiger partial charge in [0.15, 0.2) is 0 Å². The topological polar surface area (TPSA) is 37.4 Å². The molecule has 0 aromatic carbocycles. The minimum Gasteiger partial charge on any atom is -0.481 e. The van der Waals surface area contributed by atoms with E-state index in [2.05, 4.69) is 28.2 Å². The molecule has 1 saturated heterocycles. The summed E-state index contributed by atoms with van der Waals surface area (Å²) in [7, 11) is 1.66. The molecular weight excluding hydrogens is 226 g/mol. The zero-order valence-electron chi connectivity index (χ0n) is 11.4. The summed E-state index contributed by atoms with van der Waals surface area (Å²) >= 11 is 0. The number of nitrogens with one attached hydrogen (secondary N) is 1. The number of hydrogen-bond donors (Lipinski definition) is 1. The maximum Gasteiger partial charge on any atom is 0.214 e. The van der Waals surface area contributed by atoms with Gasteiger partial charge >= 0.3 is 0 Å². The average Bonchev–Trinajstić information content (AvgIpc) is 2.87. The molecule has 1 N–H and O–H groups in total. The van der Waals surface area contributed by atoms with Crippen LogP contribution in [0.15, 0.2) is 18.2 Å². The van der Waals surface area contributed by atoms with Crippen molar-refractivity contribution in [2.45, 2.75) is 32.2 Å². The minimum atomic E-state index is 0.566. The van der Waals surface area contributed by atoms with Crippen LogP contribution in [0.5, 0.6) is 5.88 Å². The molecule has 18 heavy (non-hydrogen) atoms. The van der Waals surface area contributed by atoms with Crippen molar-refractivity contribution in [3.8, 4) is 5.88 Å². The first-order valence-electron chi connectivity index (χ1n) is 6.83. The second kappa shape index (κ2) is 6.59. The number of aromatic nitrogens is 1. The number of ether oxygens (including phenoxy) is 1. The highest BCUT2D eigenvalue weighted by Gasteiger charge is 2.25. The first-order valence-corrected chi connectivity index (χ1v) is 6.83. The summed E-state index contributed by atoms with van der Waals surface area (Å²) in [6.45, 7) is 5.43. The van der Waals surface area contributed by atoms with Crippen LogP contribution in [0.1, 0.15) is 26.2 Å². The molecule has 0 bridgehead atoms. The highest BCUT2D eigenvalue weighted by Crippen LogP contribution is 2.24. The van der Waals surface area contributed by atoms with E-state index in [4.69, 9.17) is 4.74 Å². The van der Waals surface area contributed by atoms with Crippen molar-refractivity contribution in [2.75, 3.05) is 31.6 Å². The van der Waals surface area contributed by atoms with Crippen molar-refractivity contribution in [2.24, 2.45) is 0 Å². The molecule has 2 rings (SSSR count). The number of rotatable bonds is 6. The molecule has 1 aliphatic heterocycles. The van der Waals surface area contributed by atoms with Gasteiger partial charge in [-0.05, 0) is 31.9 Å². The third kappa shape index (κ3) is 3.13. The average molecular weight is 249 g/mol. The van der Waals surface area contributed by atoms with Crippen LogP contribution < -0.4 is 15.0 Å². The molecule has 1 aliphatic rings. The van der Waals surface area contributed by atoms with Gasteiger partial charge in [-0.1, -0.05) is 13.0 Å². The largest absolute Gasteiger partial charge is 0.481 e. The predicted molar refractivity (Wildman–Crippen MR) is 74.3 cm³/mol. The Morgan fingerprint density at radius 1 is 1.50 bits per heavy atom. The Balaban J connectivity index is 2.01. The Morgan fingerprint density at radius 2 is 2.39 bits per heavy atom. The van der Waals surface area contributed by atoms with E-state index in [9.17, 15) is 0 Å². The Hall–Kier alpha value is -1.29. The summed E-state index contributed by atoms with van der Waals surface area (Å²) in [4.78, 5) is 6.92. The molecule has 1 unspecified atom stereocenters. The zero-order chi connectivity index (χ0) is 12.8. The first-order chi connectivity index (χ1) is 8.85. The second-order valence-corrected chi connectivity index (χ2v) is 4.73. The van der Waals surface area contributed by atoms with E-state index in [0.717, 1.165) is 25.5 Å². The summed E-state index contributed by atoms with van der Waals surface area (Å²) < 4.78 is 5.19. The van der Waals surface area contributed by atoms with E-state index < -0.39 is 0 Å². The molecule has 0 radical (unpaired) electrons. The molecule has 0 aliphatic carbocycles. The smallest absolute Gasteiger partial charge is 0.214 e. The van der Waals surface area contributed by atoms with Crippen molar-refractivity contribution in [3.63, 3.8) is 0 Å². The predicted octanol–water partition coefficient (Wildman–Crippen LogP) is 2.06. The van der Waals surface area contributed by atoms with Gasteiger partial charge in [0.1, 0.15) is 5.82 Å². The quantitative estimate of drug-likeness (QED) is 0.783. The van der Waals surface area contributed by atoms with Gasteiger partial charge in [-0.25, -0.2) is 0 Å². The number of nitrogens with zero attached hydrogens (tertiary/aromatic N) is 2. The van der Waals surface area contributed by atoms with E-state index in [1.54, 1.807) is 7.11 Å². The lowest BCUT2D eigenvalue weighted by Crippen LogP contribution is -2.38. The zero-order valence-corrected chi connectivity index (χ0v) is 11.4. The maximum atomic E-state index is 5.19. The number of methoxy groups -OCH3 is 1. The summed E-state index contributed by atoms with van der Waals surface area (Å²) in [5, 5.41) is 3.50. The van der Waals surface area contributed by atoms with Gasteiger partial charge in [-0.2, -0.15) is 4.98 Å². The van der Waals surface area contributed by atoms with Gasteiger partial charge in [0, 0.05) is 25.2 Å². The molecule has 1 aromatic heterocycles. The number of pyridine rings is 1. The normalized spacial score (nSPS) is 19.2. The summed E-state index contributed by atoms with van der Waals surface area (Å²) in [6, 6.07) is 6.54. The van der Waals surface area contributed by atoms with Gasteiger partial charge in [0.2, 0.25) is 5.88 Å². The van der Waals surface area contributed by atoms with Crippen molar-refractivity contribution in [1.29, 1.82) is 0 Å². The highest BCUT2D eigenvalue weighted by molar-refractivity contribution is 5.43. The Bertz CT molecular complexity index is 370. The lowest BCUT2D eigenvalue weighted by Gasteiger charge is -2.26. The second-order valence-electron chi connectivity index (χ2n) is 4.73. The summed E-state index contributed by atoms with van der Waals surface area (Å²) in [6.07, 6.45) is 3.68. The molecule has 0 amide bonds.